The van der Waals surface area contributed by atoms with E-state index in [1.54, 1.807) is 0 Å². The number of hydrogen-bond donors (Lipinski definition) is 0. The van der Waals surface area contributed by atoms with Crippen molar-refractivity contribution in [1.29, 1.82) is 0 Å². The summed E-state index contributed by atoms with van der Waals surface area (Å²) in [6.45, 7) is 4.68. The Morgan fingerprint density at radius 1 is 1.05 bits per heavy atom. The van der Waals surface area contributed by atoms with Crippen LogP contribution in [0, 0.1) is 0 Å². The molecule has 0 amide bonds. The van der Waals surface area contributed by atoms with E-state index in [9.17, 15) is 4.79 Å². The van der Waals surface area contributed by atoms with Gasteiger partial charge in [-0.2, -0.15) is 0 Å². The lowest BCUT2D eigenvalue weighted by Gasteiger charge is -2.17. The fraction of sp³-hybridized carbons (Fsp3) is 0.588. The van der Waals surface area contributed by atoms with Crippen molar-refractivity contribution in [2.75, 3.05) is 40.8 Å². The Hall–Kier alpha value is -1.19. The Labute approximate surface area is 123 Å². The number of rotatable bonds is 9. The van der Waals surface area contributed by atoms with Crippen LogP contribution in [0.5, 0.6) is 0 Å². The van der Waals surface area contributed by atoms with Crippen molar-refractivity contribution < 1.29 is 4.79 Å². The molecule has 0 bridgehead atoms. The quantitative estimate of drug-likeness (QED) is 0.648. The molecule has 0 unspecified atom stereocenters. The van der Waals surface area contributed by atoms with Crippen molar-refractivity contribution in [3.63, 3.8) is 0 Å². The van der Waals surface area contributed by atoms with E-state index in [0.717, 1.165) is 37.9 Å². The molecule has 0 spiro atoms. The van der Waals surface area contributed by atoms with Crippen LogP contribution in [-0.2, 0) is 6.42 Å². The van der Waals surface area contributed by atoms with E-state index in [1.165, 1.54) is 5.56 Å². The van der Waals surface area contributed by atoms with Crippen LogP contribution in [0.1, 0.15) is 35.7 Å². The van der Waals surface area contributed by atoms with Crippen LogP contribution in [0.2, 0.25) is 0 Å². The molecule has 0 fully saturated rings. The van der Waals surface area contributed by atoms with Crippen molar-refractivity contribution in [2.24, 2.45) is 0 Å². The summed E-state index contributed by atoms with van der Waals surface area (Å²) >= 11 is 0. The number of carbonyl (C=O) groups excluding carboxylic acids is 1. The van der Waals surface area contributed by atoms with Gasteiger partial charge in [-0.1, -0.05) is 37.6 Å². The van der Waals surface area contributed by atoms with Crippen molar-refractivity contribution in [3.05, 3.63) is 35.4 Å². The summed E-state index contributed by atoms with van der Waals surface area (Å²) in [6.07, 6.45) is 3.31. The average Bonchev–Trinajstić information content (AvgIpc) is 2.39. The summed E-state index contributed by atoms with van der Waals surface area (Å²) in [5.74, 6) is 0.209. The van der Waals surface area contributed by atoms with Gasteiger partial charge in [0.25, 0.3) is 0 Å². The van der Waals surface area contributed by atoms with Gasteiger partial charge < -0.3 is 4.90 Å². The molecule has 20 heavy (non-hydrogen) atoms. The van der Waals surface area contributed by atoms with E-state index < -0.39 is 0 Å². The summed E-state index contributed by atoms with van der Waals surface area (Å²) in [4.78, 5) is 16.4. The van der Waals surface area contributed by atoms with Gasteiger partial charge in [-0.3, -0.25) is 9.69 Å². The molecular formula is C17H28N2O. The van der Waals surface area contributed by atoms with Gasteiger partial charge in [-0.15, -0.1) is 0 Å². The van der Waals surface area contributed by atoms with Crippen molar-refractivity contribution in [3.8, 4) is 0 Å². The van der Waals surface area contributed by atoms with Gasteiger partial charge in [0, 0.05) is 5.56 Å². The number of hydrogen-bond acceptors (Lipinski definition) is 3. The van der Waals surface area contributed by atoms with E-state index in [2.05, 4.69) is 43.0 Å². The lowest BCUT2D eigenvalue weighted by molar-refractivity contribution is 0.0944. The first-order valence-electron chi connectivity index (χ1n) is 7.48. The van der Waals surface area contributed by atoms with Crippen LogP contribution < -0.4 is 0 Å². The molecule has 0 saturated carbocycles. The third-order valence-corrected chi connectivity index (χ3v) is 3.37. The van der Waals surface area contributed by atoms with E-state index in [0.29, 0.717) is 6.54 Å². The number of benzene rings is 1. The van der Waals surface area contributed by atoms with Gasteiger partial charge in [-0.25, -0.2) is 0 Å². The molecule has 112 valence electrons. The zero-order valence-corrected chi connectivity index (χ0v) is 13.4. The van der Waals surface area contributed by atoms with E-state index in [1.807, 2.05) is 19.2 Å². The van der Waals surface area contributed by atoms with Gasteiger partial charge in [0.2, 0.25) is 0 Å². The lowest BCUT2D eigenvalue weighted by Crippen LogP contribution is -2.29. The summed E-state index contributed by atoms with van der Waals surface area (Å²) in [6, 6.07) is 8.06. The predicted molar refractivity (Wildman–Crippen MR) is 85.4 cm³/mol. The van der Waals surface area contributed by atoms with Gasteiger partial charge >= 0.3 is 0 Å². The second-order valence-electron chi connectivity index (χ2n) is 5.76. The van der Waals surface area contributed by atoms with Crippen molar-refractivity contribution >= 4 is 5.78 Å². The number of nitrogens with zero attached hydrogens (tertiary/aromatic N) is 2. The average molecular weight is 276 g/mol. The third kappa shape index (κ3) is 6.31. The molecular weight excluding hydrogens is 248 g/mol. The first kappa shape index (κ1) is 16.9. The van der Waals surface area contributed by atoms with E-state index in [-0.39, 0.29) is 5.78 Å². The smallest absolute Gasteiger partial charge is 0.176 e. The molecule has 0 aliphatic rings. The maximum atomic E-state index is 12.2. The SMILES string of the molecule is CCCc1ccc(C(=O)CN(C)CCCN(C)C)cc1. The van der Waals surface area contributed by atoms with E-state index >= 15 is 0 Å². The highest BCUT2D eigenvalue weighted by molar-refractivity contribution is 5.97. The Kier molecular flexibility index (Phi) is 7.48. The molecule has 1 aromatic carbocycles. The minimum Gasteiger partial charge on any atom is -0.309 e. The number of ketones is 1. The number of likely N-dealkylation sites (N-methyl/N-ethyl adjacent to an activating group) is 1. The molecule has 0 aromatic heterocycles. The second-order valence-corrected chi connectivity index (χ2v) is 5.76. The van der Waals surface area contributed by atoms with Crippen LogP contribution in [0.3, 0.4) is 0 Å². The minimum absolute atomic E-state index is 0.209. The molecule has 0 aliphatic carbocycles. The maximum Gasteiger partial charge on any atom is 0.176 e. The summed E-state index contributed by atoms with van der Waals surface area (Å²) in [7, 11) is 6.16. The highest BCUT2D eigenvalue weighted by Gasteiger charge is 2.09. The maximum absolute atomic E-state index is 12.2. The van der Waals surface area contributed by atoms with Gasteiger partial charge in [0.15, 0.2) is 5.78 Å². The van der Waals surface area contributed by atoms with Crippen LogP contribution in [0.4, 0.5) is 0 Å². The molecule has 0 aliphatic heterocycles. The minimum atomic E-state index is 0.209. The molecule has 3 heteroatoms. The monoisotopic (exact) mass is 276 g/mol. The molecule has 1 rings (SSSR count). The Bertz CT molecular complexity index is 398. The van der Waals surface area contributed by atoms with Gasteiger partial charge in [-0.05, 0) is 52.6 Å². The van der Waals surface area contributed by atoms with Crippen molar-refractivity contribution in [2.45, 2.75) is 26.2 Å². The molecule has 0 atom stereocenters. The first-order chi connectivity index (χ1) is 9.52. The molecule has 0 N–H and O–H groups in total. The van der Waals surface area contributed by atoms with Crippen LogP contribution in [0.25, 0.3) is 0 Å². The largest absolute Gasteiger partial charge is 0.309 e. The lowest BCUT2D eigenvalue weighted by atomic mass is 10.1. The Morgan fingerprint density at radius 2 is 1.70 bits per heavy atom. The molecule has 3 nitrogen and oxygen atoms in total. The fourth-order valence-electron chi connectivity index (χ4n) is 2.22. The molecule has 1 aromatic rings. The number of Topliss-reactive ketones (excluding diaryl/α,β-unsaturated/α-hetero) is 1. The normalized spacial score (nSPS) is 11.3. The highest BCUT2D eigenvalue weighted by atomic mass is 16.1. The molecule has 0 heterocycles. The zero-order valence-electron chi connectivity index (χ0n) is 13.4. The number of aryl methyl sites for hydroxylation is 1. The van der Waals surface area contributed by atoms with E-state index in [4.69, 9.17) is 0 Å². The van der Waals surface area contributed by atoms with Crippen LogP contribution in [0.15, 0.2) is 24.3 Å². The zero-order chi connectivity index (χ0) is 15.0. The first-order valence-corrected chi connectivity index (χ1v) is 7.48. The van der Waals surface area contributed by atoms with Crippen molar-refractivity contribution in [1.82, 2.24) is 9.80 Å². The summed E-state index contributed by atoms with van der Waals surface area (Å²) in [5, 5.41) is 0. The Morgan fingerprint density at radius 3 is 2.25 bits per heavy atom. The second kappa shape index (κ2) is 8.88. The van der Waals surface area contributed by atoms with Gasteiger partial charge in [0.05, 0.1) is 6.54 Å². The standard InChI is InChI=1S/C17H28N2O/c1-5-7-15-8-10-16(11-9-15)17(20)14-19(4)13-6-12-18(2)3/h8-11H,5-7,12-14H2,1-4H3. The summed E-state index contributed by atoms with van der Waals surface area (Å²) < 4.78 is 0. The topological polar surface area (TPSA) is 23.6 Å². The summed E-state index contributed by atoms with van der Waals surface area (Å²) in [5.41, 5.74) is 2.13. The fourth-order valence-corrected chi connectivity index (χ4v) is 2.22. The highest BCUT2D eigenvalue weighted by Crippen LogP contribution is 2.08. The number of carbonyl (C=O) groups is 1. The molecule has 0 saturated heterocycles. The van der Waals surface area contributed by atoms with Gasteiger partial charge in [0.1, 0.15) is 0 Å². The van der Waals surface area contributed by atoms with Crippen LogP contribution in [-0.4, -0.2) is 56.4 Å². The third-order valence-electron chi connectivity index (χ3n) is 3.37. The predicted octanol–water partition coefficient (Wildman–Crippen LogP) is 2.71. The Balaban J connectivity index is 2.41. The van der Waals surface area contributed by atoms with Crippen LogP contribution >= 0.6 is 0 Å². The molecule has 0 radical (unpaired) electrons.